The SMILES string of the molecule is N/C(=N\O)c1ccccc1CSc1ccccn1. The number of benzene rings is 1. The molecule has 0 spiro atoms. The Bertz CT molecular complexity index is 543. The van der Waals surface area contributed by atoms with Crippen molar-refractivity contribution in [1.82, 2.24) is 4.98 Å². The molecule has 0 unspecified atom stereocenters. The van der Waals surface area contributed by atoms with Gasteiger partial charge >= 0.3 is 0 Å². The molecule has 1 aromatic heterocycles. The van der Waals surface area contributed by atoms with Crippen molar-refractivity contribution in [2.24, 2.45) is 10.9 Å². The molecule has 0 bridgehead atoms. The second-order valence-electron chi connectivity index (χ2n) is 3.60. The summed E-state index contributed by atoms with van der Waals surface area (Å²) in [6, 6.07) is 13.4. The van der Waals surface area contributed by atoms with E-state index in [9.17, 15) is 0 Å². The molecule has 0 aliphatic rings. The lowest BCUT2D eigenvalue weighted by atomic mass is 10.1. The number of rotatable bonds is 4. The molecule has 0 radical (unpaired) electrons. The van der Waals surface area contributed by atoms with Crippen LogP contribution in [0, 0.1) is 0 Å². The van der Waals surface area contributed by atoms with E-state index in [4.69, 9.17) is 10.9 Å². The number of pyridine rings is 1. The molecule has 0 aliphatic heterocycles. The van der Waals surface area contributed by atoms with Crippen LogP contribution in [0.5, 0.6) is 0 Å². The number of amidine groups is 1. The van der Waals surface area contributed by atoms with E-state index < -0.39 is 0 Å². The average Bonchev–Trinajstić information content (AvgIpc) is 2.45. The Labute approximate surface area is 110 Å². The van der Waals surface area contributed by atoms with Crippen LogP contribution < -0.4 is 5.73 Å². The molecule has 1 heterocycles. The van der Waals surface area contributed by atoms with Crippen LogP contribution in [0.4, 0.5) is 0 Å². The van der Waals surface area contributed by atoms with Gasteiger partial charge in [0.15, 0.2) is 5.84 Å². The van der Waals surface area contributed by atoms with Crippen LogP contribution >= 0.6 is 11.8 Å². The fourth-order valence-corrected chi connectivity index (χ4v) is 2.40. The maximum atomic E-state index is 8.74. The van der Waals surface area contributed by atoms with Crippen molar-refractivity contribution in [3.8, 4) is 0 Å². The van der Waals surface area contributed by atoms with Gasteiger partial charge in [0, 0.05) is 17.5 Å². The minimum Gasteiger partial charge on any atom is -0.409 e. The molecule has 1 aromatic carbocycles. The normalized spacial score (nSPS) is 11.4. The molecule has 0 aliphatic carbocycles. The molecule has 0 saturated carbocycles. The first kappa shape index (κ1) is 12.4. The number of hydrogen-bond acceptors (Lipinski definition) is 4. The summed E-state index contributed by atoms with van der Waals surface area (Å²) in [4.78, 5) is 4.24. The molecule has 2 rings (SSSR count). The van der Waals surface area contributed by atoms with Crippen LogP contribution in [0.15, 0.2) is 58.8 Å². The summed E-state index contributed by atoms with van der Waals surface area (Å²) in [5.41, 5.74) is 7.41. The van der Waals surface area contributed by atoms with Gasteiger partial charge in [-0.25, -0.2) is 4.98 Å². The Kier molecular flexibility index (Phi) is 4.20. The smallest absolute Gasteiger partial charge is 0.170 e. The topological polar surface area (TPSA) is 71.5 Å². The summed E-state index contributed by atoms with van der Waals surface area (Å²) in [5.74, 6) is 0.857. The maximum Gasteiger partial charge on any atom is 0.170 e. The molecule has 0 amide bonds. The van der Waals surface area contributed by atoms with Crippen molar-refractivity contribution < 1.29 is 5.21 Å². The van der Waals surface area contributed by atoms with Gasteiger partial charge in [-0.15, -0.1) is 11.8 Å². The maximum absolute atomic E-state index is 8.74. The zero-order valence-corrected chi connectivity index (χ0v) is 10.5. The minimum absolute atomic E-state index is 0.132. The lowest BCUT2D eigenvalue weighted by Gasteiger charge is -2.07. The summed E-state index contributed by atoms with van der Waals surface area (Å²) in [6.07, 6.45) is 1.76. The molecule has 4 nitrogen and oxygen atoms in total. The van der Waals surface area contributed by atoms with Gasteiger partial charge in [0.25, 0.3) is 0 Å². The van der Waals surface area contributed by atoms with E-state index in [2.05, 4.69) is 10.1 Å². The van der Waals surface area contributed by atoms with Gasteiger partial charge in [-0.05, 0) is 17.7 Å². The molecule has 3 N–H and O–H groups in total. The summed E-state index contributed by atoms with van der Waals surface area (Å²) in [7, 11) is 0. The molecule has 2 aromatic rings. The molecular formula is C13H13N3OS. The Morgan fingerprint density at radius 3 is 2.72 bits per heavy atom. The molecule has 0 atom stereocenters. The standard InChI is InChI=1S/C13H13N3OS/c14-13(16-17)11-6-2-1-5-10(11)9-18-12-7-3-4-8-15-12/h1-8,17H,9H2,(H2,14,16). The predicted molar refractivity (Wildman–Crippen MR) is 72.8 cm³/mol. The van der Waals surface area contributed by atoms with E-state index in [1.807, 2.05) is 42.5 Å². The minimum atomic E-state index is 0.132. The average molecular weight is 259 g/mol. The van der Waals surface area contributed by atoms with Crippen LogP contribution in [-0.4, -0.2) is 16.0 Å². The van der Waals surface area contributed by atoms with Crippen molar-refractivity contribution in [1.29, 1.82) is 0 Å². The summed E-state index contributed by atoms with van der Waals surface area (Å²) < 4.78 is 0. The molecule has 92 valence electrons. The van der Waals surface area contributed by atoms with E-state index in [0.29, 0.717) is 0 Å². The van der Waals surface area contributed by atoms with E-state index >= 15 is 0 Å². The highest BCUT2D eigenvalue weighted by atomic mass is 32.2. The van der Waals surface area contributed by atoms with Gasteiger partial charge < -0.3 is 10.9 Å². The van der Waals surface area contributed by atoms with Crippen molar-refractivity contribution in [3.05, 3.63) is 59.8 Å². The highest BCUT2D eigenvalue weighted by Gasteiger charge is 2.06. The van der Waals surface area contributed by atoms with Gasteiger partial charge in [0.05, 0.1) is 5.03 Å². The third-order valence-electron chi connectivity index (χ3n) is 2.41. The van der Waals surface area contributed by atoms with E-state index in [1.54, 1.807) is 18.0 Å². The van der Waals surface area contributed by atoms with E-state index in [1.165, 1.54) is 0 Å². The highest BCUT2D eigenvalue weighted by molar-refractivity contribution is 7.98. The molecule has 18 heavy (non-hydrogen) atoms. The van der Waals surface area contributed by atoms with Crippen molar-refractivity contribution >= 4 is 17.6 Å². The number of thioether (sulfide) groups is 1. The summed E-state index contributed by atoms with van der Waals surface area (Å²) in [6.45, 7) is 0. The second kappa shape index (κ2) is 6.07. The van der Waals surface area contributed by atoms with Crippen molar-refractivity contribution in [2.45, 2.75) is 10.8 Å². The summed E-state index contributed by atoms with van der Waals surface area (Å²) in [5, 5.41) is 12.7. The monoisotopic (exact) mass is 259 g/mol. The number of nitrogens with two attached hydrogens (primary N) is 1. The van der Waals surface area contributed by atoms with E-state index in [-0.39, 0.29) is 5.84 Å². The number of aromatic nitrogens is 1. The Hall–Kier alpha value is -2.01. The second-order valence-corrected chi connectivity index (χ2v) is 4.59. The largest absolute Gasteiger partial charge is 0.409 e. The van der Waals surface area contributed by atoms with Gasteiger partial charge in [0.1, 0.15) is 0 Å². The van der Waals surface area contributed by atoms with Crippen LogP contribution in [0.3, 0.4) is 0 Å². The molecule has 0 fully saturated rings. The Balaban J connectivity index is 2.15. The zero-order chi connectivity index (χ0) is 12.8. The molecular weight excluding hydrogens is 246 g/mol. The highest BCUT2D eigenvalue weighted by Crippen LogP contribution is 2.22. The van der Waals surface area contributed by atoms with E-state index in [0.717, 1.165) is 21.9 Å². The van der Waals surface area contributed by atoms with Crippen LogP contribution in [-0.2, 0) is 5.75 Å². The van der Waals surface area contributed by atoms with Crippen LogP contribution in [0.2, 0.25) is 0 Å². The Morgan fingerprint density at radius 1 is 1.22 bits per heavy atom. The number of hydrogen-bond donors (Lipinski definition) is 2. The first-order valence-corrected chi connectivity index (χ1v) is 6.39. The third kappa shape index (κ3) is 3.01. The van der Waals surface area contributed by atoms with Crippen molar-refractivity contribution in [2.75, 3.05) is 0 Å². The fourth-order valence-electron chi connectivity index (χ4n) is 1.53. The Morgan fingerprint density at radius 2 is 2.00 bits per heavy atom. The third-order valence-corrected chi connectivity index (χ3v) is 3.41. The van der Waals surface area contributed by atoms with Crippen LogP contribution in [0.1, 0.15) is 11.1 Å². The zero-order valence-electron chi connectivity index (χ0n) is 9.65. The predicted octanol–water partition coefficient (Wildman–Crippen LogP) is 2.47. The fraction of sp³-hybridized carbons (Fsp3) is 0.0769. The quantitative estimate of drug-likeness (QED) is 0.291. The molecule has 0 saturated heterocycles. The first-order chi connectivity index (χ1) is 8.81. The lowest BCUT2D eigenvalue weighted by Crippen LogP contribution is -2.15. The van der Waals surface area contributed by atoms with Gasteiger partial charge in [0.2, 0.25) is 0 Å². The van der Waals surface area contributed by atoms with Gasteiger partial charge in [-0.3, -0.25) is 0 Å². The van der Waals surface area contributed by atoms with Crippen LogP contribution in [0.25, 0.3) is 0 Å². The molecule has 5 heteroatoms. The lowest BCUT2D eigenvalue weighted by molar-refractivity contribution is 0.318. The summed E-state index contributed by atoms with van der Waals surface area (Å²) >= 11 is 1.61. The number of oxime groups is 1. The van der Waals surface area contributed by atoms with Crippen molar-refractivity contribution in [3.63, 3.8) is 0 Å². The first-order valence-electron chi connectivity index (χ1n) is 5.41. The van der Waals surface area contributed by atoms with Gasteiger partial charge in [-0.1, -0.05) is 35.5 Å². The van der Waals surface area contributed by atoms with Gasteiger partial charge in [-0.2, -0.15) is 0 Å². The number of nitrogens with zero attached hydrogens (tertiary/aromatic N) is 2.